The van der Waals surface area contributed by atoms with Gasteiger partial charge in [0.2, 0.25) is 0 Å². The van der Waals surface area contributed by atoms with E-state index in [0.717, 1.165) is 5.56 Å². The van der Waals surface area contributed by atoms with E-state index in [1.807, 2.05) is 18.2 Å². The van der Waals surface area contributed by atoms with Gasteiger partial charge in [-0.1, -0.05) is 23.7 Å². The Bertz CT molecular complexity index is 975. The summed E-state index contributed by atoms with van der Waals surface area (Å²) in [6.45, 7) is -0.0659. The number of hydrogen-bond donors (Lipinski definition) is 1. The van der Waals surface area contributed by atoms with Crippen molar-refractivity contribution in [2.45, 2.75) is 6.61 Å². The Morgan fingerprint density at radius 2 is 1.93 bits per heavy atom. The number of hydrogen-bond acceptors (Lipinski definition) is 6. The minimum atomic E-state index is -0.173. The largest absolute Gasteiger partial charge is 0.493 e. The van der Waals surface area contributed by atoms with Crippen molar-refractivity contribution < 1.29 is 19.4 Å². The monoisotopic (exact) mass is 418 g/mol. The Morgan fingerprint density at radius 1 is 1.21 bits per heavy atom. The van der Waals surface area contributed by atoms with Gasteiger partial charge in [-0.15, -0.1) is 0 Å². The number of aliphatic hydroxyl groups is 1. The Kier molecular flexibility index (Phi) is 6.28. The number of halogens is 1. The number of amides is 1. The molecule has 3 rings (SSSR count). The molecule has 8 heteroatoms. The number of nitrogens with zero attached hydrogens (tertiary/aromatic N) is 2. The molecule has 0 atom stereocenters. The number of aliphatic hydroxyl groups excluding tert-OH is 1. The fourth-order valence-electron chi connectivity index (χ4n) is 2.61. The summed E-state index contributed by atoms with van der Waals surface area (Å²) in [5.74, 6) is 0.869. The molecule has 6 nitrogen and oxygen atoms in total. The maximum atomic E-state index is 12.6. The standard InChI is InChI=1S/C20H19ClN2O4S/c1-23-19(25)18(9-13-8-16(26-2)17(27-3)10-15(13)21)28-20(23)22-14-6-4-5-12(7-14)11-24/h4-10,24H,11H2,1-3H3. The molecule has 28 heavy (non-hydrogen) atoms. The molecule has 0 unspecified atom stereocenters. The average Bonchev–Trinajstić information content (AvgIpc) is 2.97. The zero-order valence-electron chi connectivity index (χ0n) is 15.6. The summed E-state index contributed by atoms with van der Waals surface area (Å²) in [5.41, 5.74) is 2.07. The Labute approximate surface area is 172 Å². The number of carbonyl (C=O) groups is 1. The molecule has 2 aromatic rings. The van der Waals surface area contributed by atoms with Crippen molar-refractivity contribution in [1.29, 1.82) is 0 Å². The summed E-state index contributed by atoms with van der Waals surface area (Å²) in [7, 11) is 4.74. The molecule has 1 N–H and O–H groups in total. The van der Waals surface area contributed by atoms with E-state index in [9.17, 15) is 9.90 Å². The van der Waals surface area contributed by atoms with Crippen molar-refractivity contribution >= 4 is 46.2 Å². The van der Waals surface area contributed by atoms with E-state index < -0.39 is 0 Å². The molecule has 1 amide bonds. The number of amidine groups is 1. The first kappa shape index (κ1) is 20.3. The average molecular weight is 419 g/mol. The first-order chi connectivity index (χ1) is 13.5. The molecular formula is C20H19ClN2O4S. The highest BCUT2D eigenvalue weighted by atomic mass is 35.5. The SMILES string of the molecule is COc1cc(Cl)c(C=C2SC(=Nc3cccc(CO)c3)N(C)C2=O)cc1OC. The second-order valence-electron chi connectivity index (χ2n) is 5.93. The van der Waals surface area contributed by atoms with Crippen molar-refractivity contribution in [2.24, 2.45) is 4.99 Å². The Morgan fingerprint density at radius 3 is 2.61 bits per heavy atom. The van der Waals surface area contributed by atoms with Crippen LogP contribution in [0, 0.1) is 0 Å². The predicted octanol–water partition coefficient (Wildman–Crippen LogP) is 4.08. The predicted molar refractivity (Wildman–Crippen MR) is 112 cm³/mol. The van der Waals surface area contributed by atoms with Crippen LogP contribution < -0.4 is 9.47 Å². The van der Waals surface area contributed by atoms with Crippen LogP contribution in [0.25, 0.3) is 6.08 Å². The van der Waals surface area contributed by atoms with Gasteiger partial charge in [-0.25, -0.2) is 4.99 Å². The molecule has 1 aliphatic heterocycles. The van der Waals surface area contributed by atoms with E-state index >= 15 is 0 Å². The summed E-state index contributed by atoms with van der Waals surface area (Å²) < 4.78 is 10.5. The van der Waals surface area contributed by atoms with Gasteiger partial charge in [-0.2, -0.15) is 0 Å². The second kappa shape index (κ2) is 8.68. The maximum absolute atomic E-state index is 12.6. The van der Waals surface area contributed by atoms with Crippen LogP contribution in [0.2, 0.25) is 5.02 Å². The molecule has 0 aromatic heterocycles. The zero-order valence-corrected chi connectivity index (χ0v) is 17.2. The van der Waals surface area contributed by atoms with Crippen molar-refractivity contribution in [1.82, 2.24) is 4.90 Å². The molecule has 2 aromatic carbocycles. The second-order valence-corrected chi connectivity index (χ2v) is 7.34. The molecular weight excluding hydrogens is 400 g/mol. The lowest BCUT2D eigenvalue weighted by Gasteiger charge is -2.10. The number of benzene rings is 2. The van der Waals surface area contributed by atoms with E-state index in [1.54, 1.807) is 31.3 Å². The highest BCUT2D eigenvalue weighted by Crippen LogP contribution is 2.38. The van der Waals surface area contributed by atoms with Crippen LogP contribution >= 0.6 is 23.4 Å². The molecule has 1 saturated heterocycles. The van der Waals surface area contributed by atoms with Crippen LogP contribution in [-0.2, 0) is 11.4 Å². The molecule has 0 bridgehead atoms. The minimum absolute atomic E-state index is 0.0659. The third kappa shape index (κ3) is 4.16. The molecule has 0 saturated carbocycles. The highest BCUT2D eigenvalue weighted by Gasteiger charge is 2.30. The molecule has 1 fully saturated rings. The summed E-state index contributed by atoms with van der Waals surface area (Å²) in [5, 5.41) is 10.3. The van der Waals surface area contributed by atoms with E-state index in [-0.39, 0.29) is 12.5 Å². The quantitative estimate of drug-likeness (QED) is 0.740. The van der Waals surface area contributed by atoms with Gasteiger partial charge in [-0.3, -0.25) is 9.69 Å². The Balaban J connectivity index is 1.94. The Hall–Kier alpha value is -2.48. The van der Waals surface area contributed by atoms with E-state index in [2.05, 4.69) is 4.99 Å². The molecule has 0 spiro atoms. The summed E-state index contributed by atoms with van der Waals surface area (Å²) >= 11 is 7.59. The van der Waals surface area contributed by atoms with Gasteiger partial charge in [0.25, 0.3) is 5.91 Å². The van der Waals surface area contributed by atoms with Crippen molar-refractivity contribution in [2.75, 3.05) is 21.3 Å². The molecule has 1 heterocycles. The van der Waals surface area contributed by atoms with E-state index in [4.69, 9.17) is 21.1 Å². The van der Waals surface area contributed by atoms with Crippen molar-refractivity contribution in [3.63, 3.8) is 0 Å². The molecule has 0 radical (unpaired) electrons. The van der Waals surface area contributed by atoms with Crippen LogP contribution in [-0.4, -0.2) is 42.3 Å². The molecule has 0 aliphatic carbocycles. The fourth-order valence-corrected chi connectivity index (χ4v) is 3.79. The summed E-state index contributed by atoms with van der Waals surface area (Å²) in [4.78, 5) is 19.1. The van der Waals surface area contributed by atoms with Crippen LogP contribution in [0.15, 0.2) is 46.3 Å². The first-order valence-corrected chi connectivity index (χ1v) is 9.54. The van der Waals surface area contributed by atoms with Gasteiger partial charge in [0.1, 0.15) is 0 Å². The third-order valence-electron chi connectivity index (χ3n) is 4.11. The maximum Gasteiger partial charge on any atom is 0.266 e. The number of likely N-dealkylation sites (N-methyl/N-ethyl adjacent to an activating group) is 1. The van der Waals surface area contributed by atoms with Gasteiger partial charge < -0.3 is 14.6 Å². The topological polar surface area (TPSA) is 71.4 Å². The lowest BCUT2D eigenvalue weighted by molar-refractivity contribution is -0.121. The van der Waals surface area contributed by atoms with E-state index in [0.29, 0.717) is 37.8 Å². The van der Waals surface area contributed by atoms with Gasteiger partial charge in [-0.05, 0) is 47.2 Å². The van der Waals surface area contributed by atoms with Crippen LogP contribution in [0.3, 0.4) is 0 Å². The number of methoxy groups -OCH3 is 2. The summed E-state index contributed by atoms with van der Waals surface area (Å²) in [6.07, 6.45) is 1.71. The summed E-state index contributed by atoms with van der Waals surface area (Å²) in [6, 6.07) is 10.6. The number of carbonyl (C=O) groups excluding carboxylic acids is 1. The first-order valence-electron chi connectivity index (χ1n) is 8.34. The lowest BCUT2D eigenvalue weighted by Crippen LogP contribution is -2.23. The minimum Gasteiger partial charge on any atom is -0.493 e. The van der Waals surface area contributed by atoms with E-state index in [1.165, 1.54) is 30.9 Å². The number of rotatable bonds is 5. The van der Waals surface area contributed by atoms with Crippen LogP contribution in [0.5, 0.6) is 11.5 Å². The molecule has 146 valence electrons. The normalized spacial score (nSPS) is 16.9. The fraction of sp³-hybridized carbons (Fsp3) is 0.200. The van der Waals surface area contributed by atoms with Crippen molar-refractivity contribution in [3.8, 4) is 11.5 Å². The van der Waals surface area contributed by atoms with Crippen molar-refractivity contribution in [3.05, 3.63) is 57.5 Å². The number of ether oxygens (including phenoxy) is 2. The zero-order chi connectivity index (χ0) is 20.3. The highest BCUT2D eigenvalue weighted by molar-refractivity contribution is 8.18. The number of aliphatic imine (C=N–C) groups is 1. The van der Waals surface area contributed by atoms with Gasteiger partial charge in [0, 0.05) is 13.1 Å². The van der Waals surface area contributed by atoms with Gasteiger partial charge in [0.15, 0.2) is 16.7 Å². The van der Waals surface area contributed by atoms with Crippen LogP contribution in [0.4, 0.5) is 5.69 Å². The van der Waals surface area contributed by atoms with Crippen LogP contribution in [0.1, 0.15) is 11.1 Å². The smallest absolute Gasteiger partial charge is 0.266 e. The van der Waals surface area contributed by atoms with Gasteiger partial charge >= 0.3 is 0 Å². The molecule has 1 aliphatic rings. The third-order valence-corrected chi connectivity index (χ3v) is 5.50. The number of thioether (sulfide) groups is 1. The lowest BCUT2D eigenvalue weighted by atomic mass is 10.1. The van der Waals surface area contributed by atoms with Gasteiger partial charge in [0.05, 0.1) is 36.4 Å².